The summed E-state index contributed by atoms with van der Waals surface area (Å²) in [4.78, 5) is 25.2. The molecular weight excluding hydrogens is 358 g/mol. The number of nitrogens with zero attached hydrogens (tertiary/aromatic N) is 1. The summed E-state index contributed by atoms with van der Waals surface area (Å²) in [5.74, 6) is 0.0355. The van der Waals surface area contributed by atoms with Gasteiger partial charge in [-0.2, -0.15) is 0 Å². The first kappa shape index (κ1) is 18.2. The smallest absolute Gasteiger partial charge is 0.306 e. The highest BCUT2D eigenvalue weighted by Crippen LogP contribution is 2.24. The molecular formula is C19H18ClNO5. The number of hydrogen-bond donors (Lipinski definition) is 1. The topological polar surface area (TPSA) is 76.1 Å². The van der Waals surface area contributed by atoms with Crippen molar-refractivity contribution in [3.05, 3.63) is 59.1 Å². The van der Waals surface area contributed by atoms with Crippen molar-refractivity contribution in [3.8, 4) is 11.5 Å². The Kier molecular flexibility index (Phi) is 5.75. The van der Waals surface area contributed by atoms with Gasteiger partial charge in [0.25, 0.3) is 5.91 Å². The third-order valence-corrected chi connectivity index (χ3v) is 4.21. The first-order chi connectivity index (χ1) is 12.5. The van der Waals surface area contributed by atoms with Crippen molar-refractivity contribution in [2.45, 2.75) is 12.5 Å². The first-order valence-electron chi connectivity index (χ1n) is 8.17. The van der Waals surface area contributed by atoms with E-state index in [1.54, 1.807) is 53.4 Å². The van der Waals surface area contributed by atoms with E-state index in [2.05, 4.69) is 0 Å². The maximum absolute atomic E-state index is 12.7. The zero-order valence-corrected chi connectivity index (χ0v) is 14.7. The Bertz CT molecular complexity index is 793. The Labute approximate surface area is 155 Å². The second-order valence-corrected chi connectivity index (χ2v) is 6.36. The molecule has 1 aliphatic rings. The van der Waals surface area contributed by atoms with Crippen molar-refractivity contribution in [3.63, 3.8) is 0 Å². The van der Waals surface area contributed by atoms with E-state index in [-0.39, 0.29) is 18.9 Å². The number of morpholine rings is 1. The Morgan fingerprint density at radius 1 is 1.19 bits per heavy atom. The van der Waals surface area contributed by atoms with Crippen LogP contribution in [0.1, 0.15) is 16.8 Å². The summed E-state index contributed by atoms with van der Waals surface area (Å²) in [6.07, 6.45) is -0.609. The molecule has 0 aromatic heterocycles. The highest BCUT2D eigenvalue weighted by Gasteiger charge is 2.26. The molecule has 1 fully saturated rings. The standard InChI is InChI=1S/C19H18ClNO5/c20-14-4-6-15(7-5-14)26-16-3-1-2-13(10-16)19(24)21-8-9-25-17(12-21)11-18(22)23/h1-7,10,17H,8-9,11-12H2,(H,22,23). The second kappa shape index (κ2) is 8.21. The number of rotatable bonds is 5. The summed E-state index contributed by atoms with van der Waals surface area (Å²) in [6.45, 7) is 1.01. The zero-order chi connectivity index (χ0) is 18.5. The molecule has 0 radical (unpaired) electrons. The number of carbonyl (C=O) groups excluding carboxylic acids is 1. The zero-order valence-electron chi connectivity index (χ0n) is 13.9. The molecule has 1 saturated heterocycles. The fraction of sp³-hybridized carbons (Fsp3) is 0.263. The van der Waals surface area contributed by atoms with Crippen LogP contribution < -0.4 is 4.74 Å². The second-order valence-electron chi connectivity index (χ2n) is 5.93. The lowest BCUT2D eigenvalue weighted by Crippen LogP contribution is -2.46. The lowest BCUT2D eigenvalue weighted by molar-refractivity contribution is -0.141. The van der Waals surface area contributed by atoms with Gasteiger partial charge in [-0.05, 0) is 42.5 Å². The highest BCUT2D eigenvalue weighted by molar-refractivity contribution is 6.30. The van der Waals surface area contributed by atoms with E-state index in [1.807, 2.05) is 0 Å². The van der Waals surface area contributed by atoms with E-state index in [0.717, 1.165) is 0 Å². The van der Waals surface area contributed by atoms with Gasteiger partial charge in [-0.25, -0.2) is 0 Å². The van der Waals surface area contributed by atoms with E-state index in [9.17, 15) is 9.59 Å². The number of benzene rings is 2. The van der Waals surface area contributed by atoms with Gasteiger partial charge in [0.1, 0.15) is 11.5 Å². The van der Waals surface area contributed by atoms with E-state index in [0.29, 0.717) is 35.2 Å². The third kappa shape index (κ3) is 4.74. The third-order valence-electron chi connectivity index (χ3n) is 3.96. The van der Waals surface area contributed by atoms with Gasteiger partial charge in [-0.1, -0.05) is 17.7 Å². The summed E-state index contributed by atoms with van der Waals surface area (Å²) in [5, 5.41) is 9.51. The van der Waals surface area contributed by atoms with Crippen molar-refractivity contribution in [1.82, 2.24) is 4.90 Å². The molecule has 1 unspecified atom stereocenters. The SMILES string of the molecule is O=C(O)CC1CN(C(=O)c2cccc(Oc3ccc(Cl)cc3)c2)CCO1. The summed E-state index contributed by atoms with van der Waals surface area (Å²) in [5.41, 5.74) is 0.479. The van der Waals surface area contributed by atoms with E-state index in [1.165, 1.54) is 0 Å². The largest absolute Gasteiger partial charge is 0.481 e. The lowest BCUT2D eigenvalue weighted by Gasteiger charge is -2.32. The Balaban J connectivity index is 1.69. The molecule has 3 rings (SSSR count). The minimum Gasteiger partial charge on any atom is -0.481 e. The number of halogens is 1. The number of aliphatic carboxylic acids is 1. The first-order valence-corrected chi connectivity index (χ1v) is 8.55. The number of amides is 1. The molecule has 0 saturated carbocycles. The molecule has 2 aromatic rings. The minimum atomic E-state index is -0.942. The molecule has 1 aliphatic heterocycles. The maximum Gasteiger partial charge on any atom is 0.306 e. The van der Waals surface area contributed by atoms with Crippen LogP contribution in [-0.4, -0.2) is 47.7 Å². The van der Waals surface area contributed by atoms with Gasteiger partial charge < -0.3 is 19.5 Å². The molecule has 0 spiro atoms. The van der Waals surface area contributed by atoms with Crippen LogP contribution in [0.2, 0.25) is 5.02 Å². The molecule has 1 amide bonds. The molecule has 0 bridgehead atoms. The molecule has 1 heterocycles. The number of carbonyl (C=O) groups is 2. The number of hydrogen-bond acceptors (Lipinski definition) is 4. The normalized spacial score (nSPS) is 17.0. The molecule has 26 heavy (non-hydrogen) atoms. The van der Waals surface area contributed by atoms with Gasteiger partial charge in [0.05, 0.1) is 19.1 Å². The van der Waals surface area contributed by atoms with E-state index in [4.69, 9.17) is 26.2 Å². The molecule has 136 valence electrons. The predicted molar refractivity (Wildman–Crippen MR) is 95.9 cm³/mol. The summed E-state index contributed by atoms with van der Waals surface area (Å²) in [7, 11) is 0. The van der Waals surface area contributed by atoms with Gasteiger partial charge in [0.15, 0.2) is 0 Å². The van der Waals surface area contributed by atoms with Crippen LogP contribution in [0.25, 0.3) is 0 Å². The number of ether oxygens (including phenoxy) is 2. The quantitative estimate of drug-likeness (QED) is 0.866. The monoisotopic (exact) mass is 375 g/mol. The molecule has 1 atom stereocenters. The van der Waals surface area contributed by atoms with Crippen molar-refractivity contribution >= 4 is 23.5 Å². The summed E-state index contributed by atoms with van der Waals surface area (Å²) in [6, 6.07) is 13.8. The maximum atomic E-state index is 12.7. The van der Waals surface area contributed by atoms with Crippen molar-refractivity contribution in [1.29, 1.82) is 0 Å². The van der Waals surface area contributed by atoms with Gasteiger partial charge in [-0.15, -0.1) is 0 Å². The average molecular weight is 376 g/mol. The molecule has 1 N–H and O–H groups in total. The van der Waals surface area contributed by atoms with Crippen molar-refractivity contribution in [2.24, 2.45) is 0 Å². The van der Waals surface area contributed by atoms with Crippen LogP contribution >= 0.6 is 11.6 Å². The van der Waals surface area contributed by atoms with E-state index < -0.39 is 12.1 Å². The Morgan fingerprint density at radius 2 is 1.96 bits per heavy atom. The minimum absolute atomic E-state index is 0.122. The van der Waals surface area contributed by atoms with Crippen LogP contribution in [0.4, 0.5) is 0 Å². The van der Waals surface area contributed by atoms with Crippen molar-refractivity contribution < 1.29 is 24.2 Å². The van der Waals surface area contributed by atoms with E-state index >= 15 is 0 Å². The summed E-state index contributed by atoms with van der Waals surface area (Å²) >= 11 is 5.86. The molecule has 6 nitrogen and oxygen atoms in total. The fourth-order valence-electron chi connectivity index (χ4n) is 2.74. The Morgan fingerprint density at radius 3 is 2.69 bits per heavy atom. The van der Waals surface area contributed by atoms with Crippen LogP contribution in [0.15, 0.2) is 48.5 Å². The van der Waals surface area contributed by atoms with Crippen LogP contribution in [0, 0.1) is 0 Å². The van der Waals surface area contributed by atoms with Crippen molar-refractivity contribution in [2.75, 3.05) is 19.7 Å². The Hall–Kier alpha value is -2.57. The molecule has 7 heteroatoms. The number of carboxylic acids is 1. The fourth-order valence-corrected chi connectivity index (χ4v) is 2.86. The molecule has 2 aromatic carbocycles. The number of carboxylic acid groups (broad SMARTS) is 1. The van der Waals surface area contributed by atoms with Gasteiger partial charge in [-0.3, -0.25) is 9.59 Å². The highest BCUT2D eigenvalue weighted by atomic mass is 35.5. The van der Waals surface area contributed by atoms with Gasteiger partial charge in [0.2, 0.25) is 0 Å². The van der Waals surface area contributed by atoms with Gasteiger partial charge >= 0.3 is 5.97 Å². The van der Waals surface area contributed by atoms with Crippen LogP contribution in [0.5, 0.6) is 11.5 Å². The average Bonchev–Trinajstić information content (AvgIpc) is 2.63. The van der Waals surface area contributed by atoms with Crippen LogP contribution in [-0.2, 0) is 9.53 Å². The predicted octanol–water partition coefficient (Wildman–Crippen LogP) is 3.45. The molecule has 0 aliphatic carbocycles. The van der Waals surface area contributed by atoms with Gasteiger partial charge in [0, 0.05) is 23.7 Å². The summed E-state index contributed by atoms with van der Waals surface area (Å²) < 4.78 is 11.2. The lowest BCUT2D eigenvalue weighted by atomic mass is 10.1. The van der Waals surface area contributed by atoms with Crippen LogP contribution in [0.3, 0.4) is 0 Å².